The zero-order valence-electron chi connectivity index (χ0n) is 8.45. The number of nitrogens with two attached hydrogens (primary N) is 1. The third-order valence-corrected chi connectivity index (χ3v) is 1.94. The third-order valence-electron chi connectivity index (χ3n) is 1.94. The summed E-state index contributed by atoms with van der Waals surface area (Å²) >= 11 is 0. The van der Waals surface area contributed by atoms with Gasteiger partial charge in [0, 0.05) is 18.6 Å². The van der Waals surface area contributed by atoms with Crippen molar-refractivity contribution in [2.24, 2.45) is 5.73 Å². The van der Waals surface area contributed by atoms with Gasteiger partial charge in [0.25, 0.3) is 0 Å². The van der Waals surface area contributed by atoms with Crippen LogP contribution in [-0.2, 0) is 0 Å². The van der Waals surface area contributed by atoms with E-state index >= 15 is 0 Å². The van der Waals surface area contributed by atoms with Gasteiger partial charge in [0.1, 0.15) is 0 Å². The molecule has 0 aliphatic rings. The Bertz CT molecular complexity index is 107. The van der Waals surface area contributed by atoms with E-state index in [4.69, 9.17) is 10.8 Å². The lowest BCUT2D eigenvalue weighted by Crippen LogP contribution is -2.43. The topological polar surface area (TPSA) is 49.5 Å². The second-order valence-corrected chi connectivity index (χ2v) is 3.53. The molecule has 3 nitrogen and oxygen atoms in total. The lowest BCUT2D eigenvalue weighted by Gasteiger charge is -2.28. The Morgan fingerprint density at radius 1 is 1.42 bits per heavy atom. The minimum absolute atomic E-state index is 0.0763. The zero-order valence-corrected chi connectivity index (χ0v) is 8.45. The van der Waals surface area contributed by atoms with Crippen LogP contribution in [0.5, 0.6) is 0 Å². The second-order valence-electron chi connectivity index (χ2n) is 3.53. The highest BCUT2D eigenvalue weighted by molar-refractivity contribution is 4.69. The van der Waals surface area contributed by atoms with E-state index in [0.29, 0.717) is 6.04 Å². The van der Waals surface area contributed by atoms with Gasteiger partial charge in [-0.3, -0.25) is 4.90 Å². The van der Waals surface area contributed by atoms with E-state index in [1.165, 1.54) is 0 Å². The normalized spacial score (nSPS) is 14.2. The highest BCUT2D eigenvalue weighted by Crippen LogP contribution is 2.00. The summed E-state index contributed by atoms with van der Waals surface area (Å²) in [6, 6.07) is 0.418. The van der Waals surface area contributed by atoms with Crippen LogP contribution in [-0.4, -0.2) is 41.8 Å². The minimum Gasteiger partial charge on any atom is -0.395 e. The quantitative estimate of drug-likeness (QED) is 0.614. The van der Waals surface area contributed by atoms with Gasteiger partial charge < -0.3 is 10.8 Å². The highest BCUT2D eigenvalue weighted by Gasteiger charge is 2.11. The lowest BCUT2D eigenvalue weighted by atomic mass is 10.2. The fourth-order valence-corrected chi connectivity index (χ4v) is 1.21. The number of nitrogens with zero attached hydrogens (tertiary/aromatic N) is 1. The standard InChI is InChI=1S/C9H22N2O/c1-4-5-11(8(2)3)6-9(10)7-12/h8-9,12H,4-7,10H2,1-3H3. The number of hydrogen-bond acceptors (Lipinski definition) is 3. The first-order valence-corrected chi connectivity index (χ1v) is 4.72. The van der Waals surface area contributed by atoms with Crippen LogP contribution in [0.2, 0.25) is 0 Å². The molecule has 0 aliphatic carbocycles. The van der Waals surface area contributed by atoms with E-state index in [-0.39, 0.29) is 12.6 Å². The number of aliphatic hydroxyl groups excluding tert-OH is 1. The molecule has 0 heterocycles. The molecule has 0 fully saturated rings. The van der Waals surface area contributed by atoms with Gasteiger partial charge in [0.15, 0.2) is 0 Å². The molecule has 1 unspecified atom stereocenters. The summed E-state index contributed by atoms with van der Waals surface area (Å²) in [6.07, 6.45) is 1.14. The third kappa shape index (κ3) is 4.70. The van der Waals surface area contributed by atoms with Gasteiger partial charge in [0.05, 0.1) is 6.61 Å². The first-order chi connectivity index (χ1) is 5.61. The Hall–Kier alpha value is -0.120. The monoisotopic (exact) mass is 174 g/mol. The van der Waals surface area contributed by atoms with E-state index in [1.807, 2.05) is 0 Å². The van der Waals surface area contributed by atoms with Gasteiger partial charge in [-0.2, -0.15) is 0 Å². The van der Waals surface area contributed by atoms with Gasteiger partial charge in [-0.25, -0.2) is 0 Å². The fraction of sp³-hybridized carbons (Fsp3) is 1.00. The molecule has 0 saturated heterocycles. The maximum atomic E-state index is 8.78. The predicted octanol–water partition coefficient (Wildman–Crippen LogP) is 0.426. The molecule has 0 bridgehead atoms. The lowest BCUT2D eigenvalue weighted by molar-refractivity contribution is 0.174. The van der Waals surface area contributed by atoms with E-state index in [1.54, 1.807) is 0 Å². The van der Waals surface area contributed by atoms with E-state index < -0.39 is 0 Å². The minimum atomic E-state index is -0.0982. The predicted molar refractivity (Wildman–Crippen MR) is 52.1 cm³/mol. The maximum absolute atomic E-state index is 8.78. The van der Waals surface area contributed by atoms with Gasteiger partial charge in [-0.1, -0.05) is 6.92 Å². The number of hydrogen-bond donors (Lipinski definition) is 2. The van der Waals surface area contributed by atoms with E-state index in [9.17, 15) is 0 Å². The van der Waals surface area contributed by atoms with Crippen molar-refractivity contribution in [3.63, 3.8) is 0 Å². The summed E-state index contributed by atoms with van der Waals surface area (Å²) in [5.41, 5.74) is 5.65. The van der Waals surface area contributed by atoms with Crippen LogP contribution in [0, 0.1) is 0 Å². The molecule has 0 amide bonds. The van der Waals surface area contributed by atoms with E-state index in [0.717, 1.165) is 19.5 Å². The van der Waals surface area contributed by atoms with Gasteiger partial charge >= 0.3 is 0 Å². The van der Waals surface area contributed by atoms with Crippen LogP contribution in [0.3, 0.4) is 0 Å². The first kappa shape index (κ1) is 11.9. The molecular weight excluding hydrogens is 152 g/mol. The Balaban J connectivity index is 3.77. The van der Waals surface area contributed by atoms with Crippen LogP contribution < -0.4 is 5.73 Å². The van der Waals surface area contributed by atoms with Crippen molar-refractivity contribution in [1.82, 2.24) is 4.90 Å². The average molecular weight is 174 g/mol. The molecule has 0 aromatic carbocycles. The van der Waals surface area contributed by atoms with Crippen molar-refractivity contribution in [1.29, 1.82) is 0 Å². The van der Waals surface area contributed by atoms with Crippen molar-refractivity contribution in [3.8, 4) is 0 Å². The van der Waals surface area contributed by atoms with Gasteiger partial charge in [-0.15, -0.1) is 0 Å². The molecule has 0 rings (SSSR count). The molecule has 74 valence electrons. The Kier molecular flexibility index (Phi) is 6.34. The second kappa shape index (κ2) is 6.40. The molecule has 0 radical (unpaired) electrons. The molecule has 1 atom stereocenters. The van der Waals surface area contributed by atoms with Crippen molar-refractivity contribution >= 4 is 0 Å². The molecule has 12 heavy (non-hydrogen) atoms. The Morgan fingerprint density at radius 2 is 2.00 bits per heavy atom. The molecule has 3 N–H and O–H groups in total. The Morgan fingerprint density at radius 3 is 2.33 bits per heavy atom. The molecule has 0 aliphatic heterocycles. The van der Waals surface area contributed by atoms with Crippen molar-refractivity contribution in [2.45, 2.75) is 39.3 Å². The number of aliphatic hydroxyl groups is 1. The summed E-state index contributed by atoms with van der Waals surface area (Å²) in [4.78, 5) is 2.29. The molecule has 3 heteroatoms. The summed E-state index contributed by atoms with van der Waals surface area (Å²) in [6.45, 7) is 8.39. The summed E-state index contributed by atoms with van der Waals surface area (Å²) in [5, 5.41) is 8.78. The van der Waals surface area contributed by atoms with Crippen molar-refractivity contribution < 1.29 is 5.11 Å². The van der Waals surface area contributed by atoms with Crippen LogP contribution in [0.4, 0.5) is 0 Å². The Labute approximate surface area is 75.6 Å². The van der Waals surface area contributed by atoms with Gasteiger partial charge in [0.2, 0.25) is 0 Å². The van der Waals surface area contributed by atoms with Crippen LogP contribution in [0.15, 0.2) is 0 Å². The molecule has 0 aromatic rings. The summed E-state index contributed by atoms with van der Waals surface area (Å²) in [7, 11) is 0. The first-order valence-electron chi connectivity index (χ1n) is 4.72. The van der Waals surface area contributed by atoms with Crippen molar-refractivity contribution in [3.05, 3.63) is 0 Å². The van der Waals surface area contributed by atoms with Crippen LogP contribution in [0.25, 0.3) is 0 Å². The molecule has 0 saturated carbocycles. The smallest absolute Gasteiger partial charge is 0.0595 e. The van der Waals surface area contributed by atoms with Crippen LogP contribution in [0.1, 0.15) is 27.2 Å². The molecule has 0 aromatic heterocycles. The number of rotatable bonds is 6. The SMILES string of the molecule is CCCN(CC(N)CO)C(C)C. The van der Waals surface area contributed by atoms with Gasteiger partial charge in [-0.05, 0) is 26.8 Å². The molecular formula is C9H22N2O. The highest BCUT2D eigenvalue weighted by atomic mass is 16.3. The van der Waals surface area contributed by atoms with Crippen molar-refractivity contribution in [2.75, 3.05) is 19.7 Å². The van der Waals surface area contributed by atoms with E-state index in [2.05, 4.69) is 25.7 Å². The maximum Gasteiger partial charge on any atom is 0.0595 e. The summed E-state index contributed by atoms with van der Waals surface area (Å²) < 4.78 is 0. The summed E-state index contributed by atoms with van der Waals surface area (Å²) in [5.74, 6) is 0. The molecule has 0 spiro atoms. The van der Waals surface area contributed by atoms with Crippen LogP contribution >= 0.6 is 0 Å². The average Bonchev–Trinajstić information content (AvgIpc) is 2.03. The zero-order chi connectivity index (χ0) is 9.56. The largest absolute Gasteiger partial charge is 0.395 e. The fourth-order valence-electron chi connectivity index (χ4n) is 1.21.